The van der Waals surface area contributed by atoms with E-state index >= 15 is 0 Å². The van der Waals surface area contributed by atoms with Gasteiger partial charge in [-0.3, -0.25) is 0 Å². The van der Waals surface area contributed by atoms with Gasteiger partial charge in [-0.1, -0.05) is 11.6 Å². The predicted molar refractivity (Wildman–Crippen MR) is 63.3 cm³/mol. The second kappa shape index (κ2) is 3.87. The zero-order chi connectivity index (χ0) is 11.0. The molecule has 15 heavy (non-hydrogen) atoms. The molecule has 0 aliphatic rings. The SMILES string of the molecule is CC(O)C(C)n1ccc2cc(Cl)ccc21. The predicted octanol–water partition coefficient (Wildman–Crippen LogP) is 3.24. The Morgan fingerprint density at radius 2 is 2.00 bits per heavy atom. The number of aliphatic hydroxyl groups is 1. The van der Waals surface area contributed by atoms with Gasteiger partial charge < -0.3 is 9.67 Å². The van der Waals surface area contributed by atoms with Gasteiger partial charge >= 0.3 is 0 Å². The van der Waals surface area contributed by atoms with Crippen molar-refractivity contribution in [3.05, 3.63) is 35.5 Å². The Morgan fingerprint density at radius 3 is 2.67 bits per heavy atom. The summed E-state index contributed by atoms with van der Waals surface area (Å²) in [4.78, 5) is 0. The van der Waals surface area contributed by atoms with E-state index in [2.05, 4.69) is 4.57 Å². The smallest absolute Gasteiger partial charge is 0.0716 e. The van der Waals surface area contributed by atoms with E-state index in [0.717, 1.165) is 15.9 Å². The molecule has 1 aromatic heterocycles. The molecule has 0 aliphatic carbocycles. The second-order valence-electron chi connectivity index (χ2n) is 3.91. The monoisotopic (exact) mass is 223 g/mol. The highest BCUT2D eigenvalue weighted by Gasteiger charge is 2.12. The van der Waals surface area contributed by atoms with Gasteiger partial charge in [0.2, 0.25) is 0 Å². The number of aromatic nitrogens is 1. The van der Waals surface area contributed by atoms with Crippen LogP contribution >= 0.6 is 11.6 Å². The third-order valence-electron chi connectivity index (χ3n) is 2.82. The van der Waals surface area contributed by atoms with Gasteiger partial charge in [0.1, 0.15) is 0 Å². The molecule has 0 bridgehead atoms. The molecule has 2 unspecified atom stereocenters. The van der Waals surface area contributed by atoms with Crippen LogP contribution in [0, 0.1) is 0 Å². The van der Waals surface area contributed by atoms with Gasteiger partial charge in [-0.25, -0.2) is 0 Å². The second-order valence-corrected chi connectivity index (χ2v) is 4.34. The molecule has 1 heterocycles. The number of aliphatic hydroxyl groups excluding tert-OH is 1. The summed E-state index contributed by atoms with van der Waals surface area (Å²) in [6.07, 6.45) is 1.62. The summed E-state index contributed by atoms with van der Waals surface area (Å²) in [5.74, 6) is 0. The van der Waals surface area contributed by atoms with Gasteiger partial charge in [-0.05, 0) is 38.1 Å². The fourth-order valence-electron chi connectivity index (χ4n) is 1.72. The van der Waals surface area contributed by atoms with Gasteiger partial charge in [0.05, 0.1) is 12.1 Å². The summed E-state index contributed by atoms with van der Waals surface area (Å²) in [6.45, 7) is 3.80. The van der Waals surface area contributed by atoms with E-state index in [4.69, 9.17) is 11.6 Å². The van der Waals surface area contributed by atoms with Crippen molar-refractivity contribution in [1.82, 2.24) is 4.57 Å². The molecule has 3 heteroatoms. The molecule has 1 N–H and O–H groups in total. The Bertz CT molecular complexity index is 475. The van der Waals surface area contributed by atoms with Gasteiger partial charge in [0.25, 0.3) is 0 Å². The Kier molecular flexibility index (Phi) is 2.72. The molecule has 0 radical (unpaired) electrons. The van der Waals surface area contributed by atoms with E-state index in [1.165, 1.54) is 0 Å². The molecule has 0 saturated heterocycles. The van der Waals surface area contributed by atoms with Crippen molar-refractivity contribution in [3.63, 3.8) is 0 Å². The minimum absolute atomic E-state index is 0.0728. The Balaban J connectivity index is 2.54. The third kappa shape index (κ3) is 1.87. The van der Waals surface area contributed by atoms with Crippen molar-refractivity contribution in [3.8, 4) is 0 Å². The lowest BCUT2D eigenvalue weighted by molar-refractivity contribution is 0.141. The number of rotatable bonds is 2. The van der Waals surface area contributed by atoms with Crippen molar-refractivity contribution in [2.45, 2.75) is 26.0 Å². The van der Waals surface area contributed by atoms with Crippen LogP contribution in [0.5, 0.6) is 0 Å². The molecular weight excluding hydrogens is 210 g/mol. The number of hydrogen-bond donors (Lipinski definition) is 1. The lowest BCUT2D eigenvalue weighted by atomic mass is 10.2. The summed E-state index contributed by atoms with van der Waals surface area (Å²) in [7, 11) is 0. The highest BCUT2D eigenvalue weighted by molar-refractivity contribution is 6.31. The van der Waals surface area contributed by atoms with E-state index in [1.54, 1.807) is 6.92 Å². The topological polar surface area (TPSA) is 25.2 Å². The van der Waals surface area contributed by atoms with Crippen molar-refractivity contribution in [2.24, 2.45) is 0 Å². The van der Waals surface area contributed by atoms with E-state index < -0.39 is 0 Å². The van der Waals surface area contributed by atoms with Gasteiger partial charge in [0.15, 0.2) is 0 Å². The van der Waals surface area contributed by atoms with Crippen molar-refractivity contribution < 1.29 is 5.11 Å². The highest BCUT2D eigenvalue weighted by Crippen LogP contribution is 2.24. The molecule has 2 aromatic rings. The molecule has 2 atom stereocenters. The van der Waals surface area contributed by atoms with E-state index in [0.29, 0.717) is 0 Å². The molecule has 0 spiro atoms. The normalized spacial score (nSPS) is 15.5. The van der Waals surface area contributed by atoms with Crippen LogP contribution in [0.3, 0.4) is 0 Å². The first-order valence-electron chi connectivity index (χ1n) is 5.04. The summed E-state index contributed by atoms with van der Waals surface area (Å²) < 4.78 is 2.07. The first-order chi connectivity index (χ1) is 7.09. The maximum absolute atomic E-state index is 9.56. The van der Waals surface area contributed by atoms with E-state index in [1.807, 2.05) is 37.4 Å². The van der Waals surface area contributed by atoms with Crippen LogP contribution in [0.2, 0.25) is 5.02 Å². The zero-order valence-electron chi connectivity index (χ0n) is 8.81. The molecule has 1 aromatic carbocycles. The highest BCUT2D eigenvalue weighted by atomic mass is 35.5. The average Bonchev–Trinajstić information content (AvgIpc) is 2.59. The number of benzene rings is 1. The number of fused-ring (bicyclic) bond motifs is 1. The maximum atomic E-state index is 9.56. The van der Waals surface area contributed by atoms with Crippen molar-refractivity contribution in [2.75, 3.05) is 0 Å². The van der Waals surface area contributed by atoms with E-state index in [9.17, 15) is 5.11 Å². The standard InChI is InChI=1S/C12H14ClNO/c1-8(9(2)15)14-6-5-10-7-11(13)3-4-12(10)14/h3-9,15H,1-2H3. The minimum atomic E-state index is -0.365. The molecule has 0 aliphatic heterocycles. The molecule has 0 amide bonds. The lowest BCUT2D eigenvalue weighted by Gasteiger charge is -2.18. The fraction of sp³-hybridized carbons (Fsp3) is 0.333. The fourth-order valence-corrected chi connectivity index (χ4v) is 1.90. The molecule has 0 saturated carbocycles. The van der Waals surface area contributed by atoms with Crippen LogP contribution in [0.15, 0.2) is 30.5 Å². The molecular formula is C12H14ClNO. The molecule has 80 valence electrons. The zero-order valence-corrected chi connectivity index (χ0v) is 9.57. The average molecular weight is 224 g/mol. The largest absolute Gasteiger partial charge is 0.391 e. The summed E-state index contributed by atoms with van der Waals surface area (Å²) >= 11 is 5.91. The number of hydrogen-bond acceptors (Lipinski definition) is 1. The van der Waals surface area contributed by atoms with Crippen molar-refractivity contribution in [1.29, 1.82) is 0 Å². The lowest BCUT2D eigenvalue weighted by Crippen LogP contribution is -2.17. The number of halogens is 1. The molecule has 2 nitrogen and oxygen atoms in total. The summed E-state index contributed by atoms with van der Waals surface area (Å²) in [6, 6.07) is 7.87. The Labute approximate surface area is 94.1 Å². The van der Waals surface area contributed by atoms with Crippen LogP contribution in [0.25, 0.3) is 10.9 Å². The van der Waals surface area contributed by atoms with Crippen LogP contribution in [0.4, 0.5) is 0 Å². The Hall–Kier alpha value is -0.990. The molecule has 2 rings (SSSR count). The first kappa shape index (κ1) is 10.5. The van der Waals surface area contributed by atoms with Gasteiger partial charge in [0, 0.05) is 22.1 Å². The first-order valence-corrected chi connectivity index (χ1v) is 5.41. The van der Waals surface area contributed by atoms with Crippen LogP contribution in [0.1, 0.15) is 19.9 Å². The third-order valence-corrected chi connectivity index (χ3v) is 3.05. The quantitative estimate of drug-likeness (QED) is 0.831. The Morgan fingerprint density at radius 1 is 1.27 bits per heavy atom. The van der Waals surface area contributed by atoms with Crippen molar-refractivity contribution >= 4 is 22.5 Å². The minimum Gasteiger partial charge on any atom is -0.391 e. The summed E-state index contributed by atoms with van der Waals surface area (Å²) in [5.41, 5.74) is 1.10. The van der Waals surface area contributed by atoms with Crippen LogP contribution < -0.4 is 0 Å². The van der Waals surface area contributed by atoms with Crippen LogP contribution in [-0.4, -0.2) is 15.8 Å². The molecule has 0 fully saturated rings. The van der Waals surface area contributed by atoms with Gasteiger partial charge in [-0.2, -0.15) is 0 Å². The summed E-state index contributed by atoms with van der Waals surface area (Å²) in [5, 5.41) is 11.4. The number of nitrogens with zero attached hydrogens (tertiary/aromatic N) is 1. The van der Waals surface area contributed by atoms with Gasteiger partial charge in [-0.15, -0.1) is 0 Å². The van der Waals surface area contributed by atoms with Crippen LogP contribution in [-0.2, 0) is 0 Å². The maximum Gasteiger partial charge on any atom is 0.0716 e. The van der Waals surface area contributed by atoms with E-state index in [-0.39, 0.29) is 12.1 Å².